The minimum Gasteiger partial charge on any atom is -0.481 e. The Morgan fingerprint density at radius 2 is 1.42 bits per heavy atom. The topological polar surface area (TPSA) is 55.8 Å². The van der Waals surface area contributed by atoms with Crippen molar-refractivity contribution in [3.8, 4) is 0 Å². The molecule has 3 aromatic rings. The van der Waals surface area contributed by atoms with Gasteiger partial charge in [-0.15, -0.1) is 0 Å². The number of hydrogen-bond acceptors (Lipinski definition) is 3. The third-order valence-corrected chi connectivity index (χ3v) is 13.7. The highest BCUT2D eigenvalue weighted by Gasteiger charge is 2.52. The second kappa shape index (κ2) is 11.2. The number of hydrogen-bond donors (Lipinski definition) is 1. The number of fused-ring (bicyclic) bond motifs is 2. The lowest BCUT2D eigenvalue weighted by Crippen LogP contribution is -2.66. The van der Waals surface area contributed by atoms with Gasteiger partial charge in [0.1, 0.15) is 0 Å². The summed E-state index contributed by atoms with van der Waals surface area (Å²) in [6.07, 6.45) is 4.41. The van der Waals surface area contributed by atoms with Gasteiger partial charge in [-0.05, 0) is 58.6 Å². The minimum absolute atomic E-state index is 0.0404. The third kappa shape index (κ3) is 5.12. The van der Waals surface area contributed by atoms with Gasteiger partial charge in [-0.2, -0.15) is 0 Å². The Labute approximate surface area is 228 Å². The average molecular weight is 529 g/mol. The van der Waals surface area contributed by atoms with Crippen molar-refractivity contribution < 1.29 is 19.1 Å². The molecule has 2 fully saturated rings. The third-order valence-electron chi connectivity index (χ3n) is 8.61. The quantitative estimate of drug-likeness (QED) is 0.274. The van der Waals surface area contributed by atoms with E-state index in [-0.39, 0.29) is 29.1 Å². The van der Waals surface area contributed by atoms with E-state index in [1.165, 1.54) is 21.5 Å². The number of ether oxygens (including phenoxy) is 1. The normalized spacial score (nSPS) is 23.0. The Kier molecular flexibility index (Phi) is 7.89. The van der Waals surface area contributed by atoms with Crippen molar-refractivity contribution in [2.75, 3.05) is 6.61 Å². The van der Waals surface area contributed by atoms with Gasteiger partial charge in [0.15, 0.2) is 0 Å². The Morgan fingerprint density at radius 3 is 2.00 bits per heavy atom. The van der Waals surface area contributed by atoms with E-state index in [1.807, 2.05) is 0 Å². The number of aryl methyl sites for hydroxylation is 1. The summed E-state index contributed by atoms with van der Waals surface area (Å²) in [6.45, 7) is 7.61. The van der Waals surface area contributed by atoms with E-state index < -0.39 is 14.3 Å². The Bertz CT molecular complexity index is 1180. The van der Waals surface area contributed by atoms with E-state index in [4.69, 9.17) is 9.16 Å². The molecule has 3 aromatic carbocycles. The van der Waals surface area contributed by atoms with Gasteiger partial charge < -0.3 is 14.3 Å². The summed E-state index contributed by atoms with van der Waals surface area (Å²) in [5.74, 6) is -1.04. The first-order valence-electron chi connectivity index (χ1n) is 14.0. The molecule has 0 radical (unpaired) electrons. The predicted octanol–water partition coefficient (Wildman–Crippen LogP) is 5.62. The molecule has 4 atom stereocenters. The molecule has 38 heavy (non-hydrogen) atoms. The molecule has 0 saturated carbocycles. The van der Waals surface area contributed by atoms with Crippen LogP contribution in [0.25, 0.3) is 0 Å². The van der Waals surface area contributed by atoms with E-state index in [9.17, 15) is 9.90 Å². The van der Waals surface area contributed by atoms with Crippen molar-refractivity contribution in [3.63, 3.8) is 0 Å². The van der Waals surface area contributed by atoms with E-state index in [1.54, 1.807) is 0 Å². The zero-order valence-electron chi connectivity index (χ0n) is 22.8. The molecule has 5 rings (SSSR count). The monoisotopic (exact) mass is 528 g/mol. The minimum atomic E-state index is -2.54. The second-order valence-electron chi connectivity index (χ2n) is 11.9. The van der Waals surface area contributed by atoms with Crippen LogP contribution >= 0.6 is 0 Å². The summed E-state index contributed by atoms with van der Waals surface area (Å²) in [5.41, 5.74) is 2.55. The van der Waals surface area contributed by atoms with Gasteiger partial charge in [0.25, 0.3) is 8.32 Å². The largest absolute Gasteiger partial charge is 0.481 e. The van der Waals surface area contributed by atoms with Crippen molar-refractivity contribution in [2.45, 2.75) is 70.1 Å². The number of aliphatic carboxylic acids is 1. The Morgan fingerprint density at radius 1 is 0.868 bits per heavy atom. The maximum absolute atomic E-state index is 12.0. The molecular formula is C33H40O4Si. The lowest BCUT2D eigenvalue weighted by Gasteiger charge is -2.43. The smallest absolute Gasteiger partial charge is 0.309 e. The highest BCUT2D eigenvalue weighted by atomic mass is 28.4. The zero-order chi connectivity index (χ0) is 26.8. The molecule has 200 valence electrons. The highest BCUT2D eigenvalue weighted by Crippen LogP contribution is 2.45. The summed E-state index contributed by atoms with van der Waals surface area (Å²) < 4.78 is 13.1. The molecule has 4 nitrogen and oxygen atoms in total. The SMILES string of the molecule is CC(C)(C)[Si](OCCCc1ccccc1CC1C2CCC(O2)C1C(=O)O)(c1ccccc1)c1ccccc1. The van der Waals surface area contributed by atoms with E-state index in [0.717, 1.165) is 32.1 Å². The van der Waals surface area contributed by atoms with Gasteiger partial charge in [0, 0.05) is 12.5 Å². The first-order chi connectivity index (χ1) is 18.3. The molecule has 2 aliphatic rings. The molecule has 0 aliphatic carbocycles. The summed E-state index contributed by atoms with van der Waals surface area (Å²) in [4.78, 5) is 12.0. The van der Waals surface area contributed by atoms with Crippen LogP contribution in [0.3, 0.4) is 0 Å². The van der Waals surface area contributed by atoms with Crippen LogP contribution in [0, 0.1) is 11.8 Å². The molecule has 2 saturated heterocycles. The van der Waals surface area contributed by atoms with Gasteiger partial charge in [-0.25, -0.2) is 0 Å². The summed E-state index contributed by atoms with van der Waals surface area (Å²) >= 11 is 0. The fraction of sp³-hybridized carbons (Fsp3) is 0.424. The van der Waals surface area contributed by atoms with Gasteiger partial charge in [0.2, 0.25) is 0 Å². The average Bonchev–Trinajstić information content (AvgIpc) is 3.52. The van der Waals surface area contributed by atoms with Crippen molar-refractivity contribution in [3.05, 3.63) is 96.1 Å². The van der Waals surface area contributed by atoms with Crippen molar-refractivity contribution in [1.82, 2.24) is 0 Å². The number of carboxylic acids is 1. The first-order valence-corrected chi connectivity index (χ1v) is 15.9. The molecule has 2 aliphatic heterocycles. The van der Waals surface area contributed by atoms with Crippen LogP contribution in [0.15, 0.2) is 84.9 Å². The Balaban J connectivity index is 1.33. The first kappa shape index (κ1) is 26.9. The lowest BCUT2D eigenvalue weighted by atomic mass is 9.75. The molecule has 2 heterocycles. The maximum Gasteiger partial charge on any atom is 0.309 e. The van der Waals surface area contributed by atoms with Crippen LogP contribution in [0.2, 0.25) is 5.04 Å². The van der Waals surface area contributed by atoms with Crippen LogP contribution in [0.5, 0.6) is 0 Å². The van der Waals surface area contributed by atoms with Crippen LogP contribution in [0.1, 0.15) is 51.2 Å². The van der Waals surface area contributed by atoms with E-state index in [0.29, 0.717) is 6.61 Å². The molecule has 2 bridgehead atoms. The summed E-state index contributed by atoms with van der Waals surface area (Å²) in [6, 6.07) is 30.1. The van der Waals surface area contributed by atoms with Gasteiger partial charge in [0.05, 0.1) is 18.1 Å². The van der Waals surface area contributed by atoms with Gasteiger partial charge in [-0.1, -0.05) is 106 Å². The summed E-state index contributed by atoms with van der Waals surface area (Å²) in [7, 11) is -2.54. The summed E-state index contributed by atoms with van der Waals surface area (Å²) in [5, 5.41) is 12.4. The number of carboxylic acid groups (broad SMARTS) is 1. The van der Waals surface area contributed by atoms with E-state index in [2.05, 4.69) is 106 Å². The van der Waals surface area contributed by atoms with Gasteiger partial charge in [-0.3, -0.25) is 4.79 Å². The fourth-order valence-corrected chi connectivity index (χ4v) is 11.5. The molecule has 5 heteroatoms. The standard InChI is InChI=1S/C33H40O4Si/c1-33(2,3)38(26-16-6-4-7-17-26,27-18-8-5-9-19-27)36-22-12-15-24-13-10-11-14-25(24)23-28-29-20-21-30(37-29)31(28)32(34)35/h4-11,13-14,16-19,28-31H,12,15,20-23H2,1-3H3,(H,34,35). The fourth-order valence-electron chi connectivity index (χ4n) is 6.88. The van der Waals surface area contributed by atoms with Crippen LogP contribution in [0.4, 0.5) is 0 Å². The highest BCUT2D eigenvalue weighted by molar-refractivity contribution is 6.99. The molecular weight excluding hydrogens is 488 g/mol. The van der Waals surface area contributed by atoms with Crippen molar-refractivity contribution in [2.24, 2.45) is 11.8 Å². The molecule has 4 unspecified atom stereocenters. The predicted molar refractivity (Wildman–Crippen MR) is 155 cm³/mol. The van der Waals surface area contributed by atoms with Crippen molar-refractivity contribution >= 4 is 24.7 Å². The van der Waals surface area contributed by atoms with Crippen LogP contribution in [-0.4, -0.2) is 38.2 Å². The maximum atomic E-state index is 12.0. The number of rotatable bonds is 10. The lowest BCUT2D eigenvalue weighted by molar-refractivity contribution is -0.144. The molecule has 1 N–H and O–H groups in total. The molecule has 0 aromatic heterocycles. The number of benzene rings is 3. The Hall–Kier alpha value is -2.73. The van der Waals surface area contributed by atoms with Crippen LogP contribution in [-0.2, 0) is 26.8 Å². The van der Waals surface area contributed by atoms with Crippen LogP contribution < -0.4 is 10.4 Å². The molecule has 0 amide bonds. The molecule has 0 spiro atoms. The van der Waals surface area contributed by atoms with Gasteiger partial charge >= 0.3 is 5.97 Å². The zero-order valence-corrected chi connectivity index (χ0v) is 23.8. The second-order valence-corrected chi connectivity index (χ2v) is 16.2. The van der Waals surface area contributed by atoms with E-state index >= 15 is 0 Å². The van der Waals surface area contributed by atoms with Crippen molar-refractivity contribution in [1.29, 1.82) is 0 Å². The number of carbonyl (C=O) groups is 1.